The first-order valence-electron chi connectivity index (χ1n) is 4.14. The average Bonchev–Trinajstić information content (AvgIpc) is 2.22. The highest BCUT2D eigenvalue weighted by Crippen LogP contribution is 2.25. The fourth-order valence-electron chi connectivity index (χ4n) is 1.09. The third-order valence-corrected chi connectivity index (χ3v) is 3.59. The van der Waals surface area contributed by atoms with Crippen molar-refractivity contribution in [1.29, 1.82) is 0 Å². The van der Waals surface area contributed by atoms with Gasteiger partial charge in [0.1, 0.15) is 5.69 Å². The second kappa shape index (κ2) is 4.92. The van der Waals surface area contributed by atoms with E-state index >= 15 is 0 Å². The van der Waals surface area contributed by atoms with Crippen molar-refractivity contribution in [3.63, 3.8) is 0 Å². The molecule has 0 saturated heterocycles. The standard InChI is InChI=1S/C9H4Br2IN3O/c10-4-1-5(11)7(13-2-4)8-14-3-6(12)9(16)15-8/h1-3H,(H,14,15,16). The van der Waals surface area contributed by atoms with Gasteiger partial charge in [-0.1, -0.05) is 0 Å². The van der Waals surface area contributed by atoms with Crippen molar-refractivity contribution in [3.8, 4) is 11.5 Å². The molecule has 0 spiro atoms. The number of nitrogens with one attached hydrogen (secondary N) is 1. The Labute approximate surface area is 121 Å². The molecule has 16 heavy (non-hydrogen) atoms. The number of halogens is 3. The summed E-state index contributed by atoms with van der Waals surface area (Å²) in [7, 11) is 0. The van der Waals surface area contributed by atoms with Crippen LogP contribution in [0.25, 0.3) is 11.5 Å². The molecular weight excluding hydrogens is 453 g/mol. The van der Waals surface area contributed by atoms with Gasteiger partial charge in [0, 0.05) is 21.3 Å². The van der Waals surface area contributed by atoms with Crippen LogP contribution in [0.5, 0.6) is 0 Å². The van der Waals surface area contributed by atoms with Crippen LogP contribution in [-0.2, 0) is 0 Å². The number of hydrogen-bond acceptors (Lipinski definition) is 3. The Morgan fingerprint density at radius 2 is 2.00 bits per heavy atom. The predicted octanol–water partition coefficient (Wildman–Crippen LogP) is 2.96. The molecule has 2 aromatic rings. The highest BCUT2D eigenvalue weighted by atomic mass is 127. The molecule has 0 aliphatic heterocycles. The first kappa shape index (κ1) is 12.2. The van der Waals surface area contributed by atoms with Crippen molar-refractivity contribution in [1.82, 2.24) is 15.0 Å². The topological polar surface area (TPSA) is 58.6 Å². The van der Waals surface area contributed by atoms with E-state index in [9.17, 15) is 4.79 Å². The maximum atomic E-state index is 11.4. The van der Waals surface area contributed by atoms with Gasteiger partial charge in [0.2, 0.25) is 0 Å². The predicted molar refractivity (Wildman–Crippen MR) is 76.2 cm³/mol. The van der Waals surface area contributed by atoms with Crippen LogP contribution < -0.4 is 5.56 Å². The monoisotopic (exact) mass is 455 g/mol. The number of nitrogens with zero attached hydrogens (tertiary/aromatic N) is 2. The zero-order chi connectivity index (χ0) is 11.7. The number of pyridine rings is 1. The van der Waals surface area contributed by atoms with E-state index in [-0.39, 0.29) is 5.56 Å². The number of aromatic amines is 1. The second-order valence-corrected chi connectivity index (χ2v) is 5.83. The summed E-state index contributed by atoms with van der Waals surface area (Å²) in [6.45, 7) is 0. The van der Waals surface area contributed by atoms with Gasteiger partial charge in [0.25, 0.3) is 5.56 Å². The van der Waals surface area contributed by atoms with Crippen molar-refractivity contribution >= 4 is 54.5 Å². The summed E-state index contributed by atoms with van der Waals surface area (Å²) >= 11 is 8.61. The molecule has 0 fully saturated rings. The van der Waals surface area contributed by atoms with Crippen molar-refractivity contribution in [2.24, 2.45) is 0 Å². The Kier molecular flexibility index (Phi) is 3.75. The molecule has 2 aromatic heterocycles. The van der Waals surface area contributed by atoms with E-state index in [0.717, 1.165) is 8.95 Å². The normalized spacial score (nSPS) is 10.4. The van der Waals surface area contributed by atoms with E-state index < -0.39 is 0 Å². The van der Waals surface area contributed by atoms with Crippen LogP contribution in [0.4, 0.5) is 0 Å². The van der Waals surface area contributed by atoms with Crippen molar-refractivity contribution in [2.45, 2.75) is 0 Å². The molecule has 0 unspecified atom stereocenters. The Morgan fingerprint density at radius 3 is 2.62 bits per heavy atom. The van der Waals surface area contributed by atoms with Crippen LogP contribution in [-0.4, -0.2) is 15.0 Å². The smallest absolute Gasteiger partial charge is 0.264 e. The van der Waals surface area contributed by atoms with Gasteiger partial charge in [0.05, 0.1) is 3.57 Å². The molecule has 2 heterocycles. The summed E-state index contributed by atoms with van der Waals surface area (Å²) in [5.74, 6) is 0.449. The SMILES string of the molecule is O=c1[nH]c(-c2ncc(Br)cc2Br)ncc1I. The van der Waals surface area contributed by atoms with Crippen LogP contribution >= 0.6 is 54.5 Å². The minimum absolute atomic E-state index is 0.165. The van der Waals surface area contributed by atoms with E-state index in [0.29, 0.717) is 15.1 Å². The molecule has 0 bridgehead atoms. The molecule has 2 rings (SSSR count). The highest BCUT2D eigenvalue weighted by molar-refractivity contribution is 14.1. The number of aromatic nitrogens is 3. The molecule has 4 nitrogen and oxygen atoms in total. The summed E-state index contributed by atoms with van der Waals surface area (Å²) in [6, 6.07) is 1.85. The fraction of sp³-hybridized carbons (Fsp3) is 0. The van der Waals surface area contributed by atoms with Crippen molar-refractivity contribution in [2.75, 3.05) is 0 Å². The van der Waals surface area contributed by atoms with Gasteiger partial charge in [-0.2, -0.15) is 0 Å². The van der Waals surface area contributed by atoms with Crippen LogP contribution in [0.3, 0.4) is 0 Å². The van der Waals surface area contributed by atoms with Gasteiger partial charge < -0.3 is 4.98 Å². The first-order valence-corrected chi connectivity index (χ1v) is 6.80. The van der Waals surface area contributed by atoms with Gasteiger partial charge in [-0.05, 0) is 60.5 Å². The summed E-state index contributed by atoms with van der Waals surface area (Å²) in [6.07, 6.45) is 3.17. The van der Waals surface area contributed by atoms with Gasteiger partial charge in [-0.25, -0.2) is 4.98 Å². The average molecular weight is 457 g/mol. The van der Waals surface area contributed by atoms with E-state index in [1.165, 1.54) is 6.20 Å². The zero-order valence-electron chi connectivity index (χ0n) is 7.67. The highest BCUT2D eigenvalue weighted by Gasteiger charge is 2.08. The first-order chi connectivity index (χ1) is 7.58. The number of H-pyrrole nitrogens is 1. The zero-order valence-corrected chi connectivity index (χ0v) is 13.0. The van der Waals surface area contributed by atoms with Crippen LogP contribution in [0.15, 0.2) is 32.2 Å². The lowest BCUT2D eigenvalue weighted by atomic mass is 10.3. The van der Waals surface area contributed by atoms with E-state index in [4.69, 9.17) is 0 Å². The second-order valence-electron chi connectivity index (χ2n) is 2.89. The molecule has 0 saturated carbocycles. The van der Waals surface area contributed by atoms with Crippen LogP contribution in [0.1, 0.15) is 0 Å². The molecule has 0 aliphatic rings. The Balaban J connectivity index is 2.59. The molecule has 0 radical (unpaired) electrons. The van der Waals surface area contributed by atoms with E-state index in [1.54, 1.807) is 6.20 Å². The lowest BCUT2D eigenvalue weighted by molar-refractivity contribution is 1.08. The molecule has 0 aliphatic carbocycles. The molecule has 0 atom stereocenters. The van der Waals surface area contributed by atoms with Crippen molar-refractivity contribution in [3.05, 3.63) is 41.3 Å². The van der Waals surface area contributed by atoms with Crippen LogP contribution in [0, 0.1) is 3.57 Å². The third kappa shape index (κ3) is 2.51. The largest absolute Gasteiger partial charge is 0.304 e. The maximum absolute atomic E-state index is 11.4. The summed E-state index contributed by atoms with van der Waals surface area (Å²) in [5.41, 5.74) is 0.443. The minimum atomic E-state index is -0.165. The maximum Gasteiger partial charge on any atom is 0.264 e. The van der Waals surface area contributed by atoms with Gasteiger partial charge in [-0.15, -0.1) is 0 Å². The minimum Gasteiger partial charge on any atom is -0.304 e. The molecular formula is C9H4Br2IN3O. The van der Waals surface area contributed by atoms with Gasteiger partial charge in [-0.3, -0.25) is 9.78 Å². The Hall–Kier alpha value is -0.280. The molecule has 1 N–H and O–H groups in total. The lowest BCUT2D eigenvalue weighted by Crippen LogP contribution is -2.12. The van der Waals surface area contributed by atoms with E-state index in [1.807, 2.05) is 28.7 Å². The molecule has 82 valence electrons. The molecule has 7 heteroatoms. The summed E-state index contributed by atoms with van der Waals surface area (Å²) in [4.78, 5) is 22.4. The van der Waals surface area contributed by atoms with E-state index in [2.05, 4.69) is 46.8 Å². The van der Waals surface area contributed by atoms with Gasteiger partial charge >= 0.3 is 0 Å². The Morgan fingerprint density at radius 1 is 1.25 bits per heavy atom. The summed E-state index contributed by atoms with van der Waals surface area (Å²) < 4.78 is 2.18. The quantitative estimate of drug-likeness (QED) is 0.671. The lowest BCUT2D eigenvalue weighted by Gasteiger charge is -2.02. The van der Waals surface area contributed by atoms with Crippen LogP contribution in [0.2, 0.25) is 0 Å². The molecule has 0 aromatic carbocycles. The van der Waals surface area contributed by atoms with Gasteiger partial charge in [0.15, 0.2) is 5.82 Å². The fourth-order valence-corrected chi connectivity index (χ4v) is 2.54. The number of hydrogen-bond donors (Lipinski definition) is 1. The summed E-state index contributed by atoms with van der Waals surface area (Å²) in [5, 5.41) is 0. The molecule has 0 amide bonds. The van der Waals surface area contributed by atoms with Crippen molar-refractivity contribution < 1.29 is 0 Å². The number of rotatable bonds is 1. The third-order valence-electron chi connectivity index (χ3n) is 1.79. The Bertz CT molecular complexity index is 600.